The first-order valence-corrected chi connectivity index (χ1v) is 16.5. The maximum Gasteiger partial charge on any atom is 0.337 e. The number of hydrogen-bond donors (Lipinski definition) is 1. The lowest BCUT2D eigenvalue weighted by Gasteiger charge is -2.41. The highest BCUT2D eigenvalue weighted by molar-refractivity contribution is 5.80. The fourth-order valence-corrected chi connectivity index (χ4v) is 6.19. The lowest BCUT2D eigenvalue weighted by Crippen LogP contribution is -2.45. The van der Waals surface area contributed by atoms with Crippen LogP contribution in [0.4, 0.5) is 5.82 Å². The van der Waals surface area contributed by atoms with Crippen LogP contribution in [0.15, 0.2) is 73.8 Å². The summed E-state index contributed by atoms with van der Waals surface area (Å²) in [6, 6.07) is 16.3. The van der Waals surface area contributed by atoms with Gasteiger partial charge >= 0.3 is 5.97 Å². The number of carboxylic acids is 1. The molecule has 0 spiro atoms. The minimum Gasteiger partial charge on any atom is -0.486 e. The van der Waals surface area contributed by atoms with Gasteiger partial charge in [0.15, 0.2) is 11.8 Å². The van der Waals surface area contributed by atoms with Crippen molar-refractivity contribution in [1.29, 1.82) is 0 Å². The molecule has 0 saturated carbocycles. The Kier molecular flexibility index (Phi) is 10.1. The molecule has 1 aliphatic heterocycles. The Labute approximate surface area is 283 Å². The van der Waals surface area contributed by atoms with E-state index in [9.17, 15) is 9.90 Å². The molecular weight excluding hydrogens is 604 g/mol. The van der Waals surface area contributed by atoms with E-state index in [-0.39, 0.29) is 11.7 Å². The summed E-state index contributed by atoms with van der Waals surface area (Å²) < 4.78 is 20.3. The predicted octanol–water partition coefficient (Wildman–Crippen LogP) is 8.14. The molecule has 3 heterocycles. The van der Waals surface area contributed by atoms with Gasteiger partial charge in [0.25, 0.3) is 0 Å². The Balaban J connectivity index is 1.66. The minimum atomic E-state index is -1.24. The van der Waals surface area contributed by atoms with Gasteiger partial charge in [-0.15, -0.1) is 6.58 Å². The van der Waals surface area contributed by atoms with Crippen molar-refractivity contribution in [3.63, 3.8) is 0 Å². The van der Waals surface area contributed by atoms with Crippen molar-refractivity contribution < 1.29 is 24.1 Å². The summed E-state index contributed by atoms with van der Waals surface area (Å²) in [5, 5.41) is 15.6. The molecule has 4 aromatic rings. The van der Waals surface area contributed by atoms with Crippen molar-refractivity contribution in [3.05, 3.63) is 90.7 Å². The molecule has 0 aliphatic carbocycles. The second-order valence-corrected chi connectivity index (χ2v) is 13.9. The second kappa shape index (κ2) is 13.9. The average molecular weight is 653 g/mol. The van der Waals surface area contributed by atoms with Crippen LogP contribution >= 0.6 is 0 Å². The molecule has 2 unspecified atom stereocenters. The molecule has 2 atom stereocenters. The summed E-state index contributed by atoms with van der Waals surface area (Å²) in [6.45, 7) is 23.0. The topological polar surface area (TPSA) is 98.4 Å². The van der Waals surface area contributed by atoms with E-state index in [0.717, 1.165) is 46.5 Å². The molecule has 48 heavy (non-hydrogen) atoms. The maximum absolute atomic E-state index is 12.8. The van der Waals surface area contributed by atoms with E-state index in [1.54, 1.807) is 16.7 Å². The van der Waals surface area contributed by atoms with Crippen LogP contribution in [0.2, 0.25) is 0 Å². The molecule has 2 aromatic carbocycles. The monoisotopic (exact) mass is 652 g/mol. The molecule has 1 saturated heterocycles. The predicted molar refractivity (Wildman–Crippen MR) is 191 cm³/mol. The first kappa shape index (κ1) is 34.9. The molecule has 1 fully saturated rings. The number of carboxylic acid groups (broad SMARTS) is 1. The summed E-state index contributed by atoms with van der Waals surface area (Å²) in [7, 11) is 0. The molecule has 0 radical (unpaired) electrons. The smallest absolute Gasteiger partial charge is 0.337 e. The number of para-hydroxylation sites is 1. The van der Waals surface area contributed by atoms with Crippen molar-refractivity contribution in [2.75, 3.05) is 24.6 Å². The maximum atomic E-state index is 12.8. The zero-order valence-corrected chi connectivity index (χ0v) is 29.2. The van der Waals surface area contributed by atoms with E-state index >= 15 is 0 Å². The zero-order valence-electron chi connectivity index (χ0n) is 29.2. The minimum absolute atomic E-state index is 0.145. The summed E-state index contributed by atoms with van der Waals surface area (Å²) in [5.74, 6) is 0.374. The summed E-state index contributed by atoms with van der Waals surface area (Å²) in [5.41, 5.74) is 5.37. The van der Waals surface area contributed by atoms with Crippen LogP contribution in [-0.2, 0) is 14.3 Å². The van der Waals surface area contributed by atoms with E-state index in [2.05, 4.69) is 50.1 Å². The molecule has 9 nitrogen and oxygen atoms in total. The highest BCUT2D eigenvalue weighted by atomic mass is 16.5. The van der Waals surface area contributed by atoms with Crippen molar-refractivity contribution in [2.45, 2.75) is 84.7 Å². The SMILES string of the molecule is C=CCOC1(C)CCN(c2c(C(OC(C)(C)C)C(=O)O)c(C)nc3cc(-c4cc(C)cc(-c5ccccc5OC(C)C=C)c4)nn23)CC1. The van der Waals surface area contributed by atoms with Crippen molar-refractivity contribution in [2.24, 2.45) is 0 Å². The van der Waals surface area contributed by atoms with Crippen LogP contribution in [0.3, 0.4) is 0 Å². The van der Waals surface area contributed by atoms with Crippen LogP contribution < -0.4 is 9.64 Å². The summed E-state index contributed by atoms with van der Waals surface area (Å²) >= 11 is 0. The fraction of sp³-hybridized carbons (Fsp3) is 0.410. The molecule has 0 bridgehead atoms. The number of piperidine rings is 1. The molecule has 1 N–H and O–H groups in total. The summed E-state index contributed by atoms with van der Waals surface area (Å²) in [6.07, 6.45) is 3.66. The lowest BCUT2D eigenvalue weighted by molar-refractivity contribution is -0.160. The number of ether oxygens (including phenoxy) is 3. The van der Waals surface area contributed by atoms with Crippen LogP contribution in [0, 0.1) is 13.8 Å². The van der Waals surface area contributed by atoms with Crippen LogP contribution in [0.25, 0.3) is 28.0 Å². The first-order valence-electron chi connectivity index (χ1n) is 16.5. The average Bonchev–Trinajstić information content (AvgIpc) is 3.46. The number of aryl methyl sites for hydroxylation is 2. The van der Waals surface area contributed by atoms with Crippen molar-refractivity contribution >= 4 is 17.4 Å². The molecule has 254 valence electrons. The number of carbonyl (C=O) groups is 1. The third-order valence-corrected chi connectivity index (χ3v) is 8.65. The van der Waals surface area contributed by atoms with Gasteiger partial charge in [-0.2, -0.15) is 9.61 Å². The van der Waals surface area contributed by atoms with E-state index in [1.165, 1.54) is 0 Å². The number of anilines is 1. The van der Waals surface area contributed by atoms with Gasteiger partial charge in [-0.3, -0.25) is 0 Å². The van der Waals surface area contributed by atoms with Crippen molar-refractivity contribution in [3.8, 4) is 28.1 Å². The Bertz CT molecular complexity index is 1810. The number of hydrogen-bond acceptors (Lipinski definition) is 7. The normalized spacial score (nSPS) is 16.0. The lowest BCUT2D eigenvalue weighted by atomic mass is 9.92. The number of fused-ring (bicyclic) bond motifs is 1. The third-order valence-electron chi connectivity index (χ3n) is 8.65. The van der Waals surface area contributed by atoms with E-state index in [1.807, 2.05) is 65.0 Å². The number of benzene rings is 2. The third kappa shape index (κ3) is 7.63. The number of rotatable bonds is 12. The second-order valence-electron chi connectivity index (χ2n) is 13.9. The Morgan fingerprint density at radius 2 is 1.77 bits per heavy atom. The molecule has 1 aliphatic rings. The largest absolute Gasteiger partial charge is 0.486 e. The van der Waals surface area contributed by atoms with Gasteiger partial charge in [-0.1, -0.05) is 43.0 Å². The van der Waals surface area contributed by atoms with E-state index in [0.29, 0.717) is 42.4 Å². The van der Waals surface area contributed by atoms with Crippen LogP contribution in [0.5, 0.6) is 5.75 Å². The Morgan fingerprint density at radius 3 is 2.42 bits per heavy atom. The highest BCUT2D eigenvalue weighted by Gasteiger charge is 2.37. The molecule has 0 amide bonds. The first-order chi connectivity index (χ1) is 22.7. The van der Waals surface area contributed by atoms with Crippen LogP contribution in [0.1, 0.15) is 70.4 Å². The molecular formula is C39H48N4O5. The molecule has 9 heteroatoms. The number of aliphatic carboxylic acids is 1. The standard InChI is InChI=1S/C39H48N4O5/c1-10-20-46-39(9)16-18-42(19-17-39)36-34(35(37(44)45)48-38(6,7)8)27(5)40-33-24-31(41-43(33)36)29-22-25(3)21-28(23-29)30-14-12-13-15-32(30)47-26(4)11-2/h10-15,21-24,26,35H,1-2,16-20H2,3-9H3,(H,44,45). The Hall–Kier alpha value is -4.47. The van der Waals surface area contributed by atoms with Gasteiger partial charge in [-0.05, 0) is 90.6 Å². The van der Waals surface area contributed by atoms with Gasteiger partial charge in [0.05, 0.1) is 29.1 Å². The zero-order chi connectivity index (χ0) is 34.8. The van der Waals surface area contributed by atoms with Gasteiger partial charge in [-0.25, -0.2) is 9.78 Å². The van der Waals surface area contributed by atoms with Crippen LogP contribution in [-0.4, -0.2) is 62.7 Å². The van der Waals surface area contributed by atoms with Gasteiger partial charge in [0, 0.05) is 36.0 Å². The quantitative estimate of drug-likeness (QED) is 0.153. The Morgan fingerprint density at radius 1 is 1.08 bits per heavy atom. The fourth-order valence-electron chi connectivity index (χ4n) is 6.19. The van der Waals surface area contributed by atoms with Crippen molar-refractivity contribution in [1.82, 2.24) is 14.6 Å². The molecule has 5 rings (SSSR count). The summed E-state index contributed by atoms with van der Waals surface area (Å²) in [4.78, 5) is 19.9. The van der Waals surface area contributed by atoms with Gasteiger partial charge in [0.2, 0.25) is 0 Å². The van der Waals surface area contributed by atoms with Gasteiger partial charge < -0.3 is 24.2 Å². The van der Waals surface area contributed by atoms with E-state index in [4.69, 9.17) is 24.3 Å². The molecule has 2 aromatic heterocycles. The number of aromatic nitrogens is 3. The van der Waals surface area contributed by atoms with E-state index < -0.39 is 17.7 Å². The number of nitrogens with zero attached hydrogens (tertiary/aromatic N) is 4. The van der Waals surface area contributed by atoms with Gasteiger partial charge in [0.1, 0.15) is 17.7 Å². The highest BCUT2D eigenvalue weighted by Crippen LogP contribution is 2.39.